The van der Waals surface area contributed by atoms with E-state index in [-0.39, 0.29) is 0 Å². The van der Waals surface area contributed by atoms with E-state index in [1.165, 1.54) is 14.0 Å². The van der Waals surface area contributed by atoms with Gasteiger partial charge in [0.05, 0.1) is 12.8 Å². The van der Waals surface area contributed by atoms with Gasteiger partial charge in [0.1, 0.15) is 18.3 Å². The predicted octanol–water partition coefficient (Wildman–Crippen LogP) is -0.755. The molecule has 36 heavy (non-hydrogen) atoms. The smallest absolute Gasteiger partial charge is 0.387 e. The normalized spacial score (nSPS) is 25.1. The number of benzene rings is 1. The lowest BCUT2D eigenvalue weighted by molar-refractivity contribution is -0.179. The molecule has 2 heterocycles. The van der Waals surface area contributed by atoms with E-state index < -0.39 is 61.9 Å². The molecule has 0 aliphatic carbocycles. The number of para-hydroxylation sites is 1. The van der Waals surface area contributed by atoms with E-state index in [9.17, 15) is 34.1 Å². The summed E-state index contributed by atoms with van der Waals surface area (Å²) in [5, 5.41) is 21.9. The van der Waals surface area contributed by atoms with Crippen LogP contribution in [0.15, 0.2) is 52.2 Å². The third kappa shape index (κ3) is 6.08. The number of aromatic nitrogens is 2. The first-order valence-corrected chi connectivity index (χ1v) is 12.0. The number of carbonyl (C=O) groups excluding carboxylic acids is 1. The second kappa shape index (κ2) is 11.5. The highest BCUT2D eigenvalue weighted by Crippen LogP contribution is 2.47. The van der Waals surface area contributed by atoms with Gasteiger partial charge >= 0.3 is 19.5 Å². The predicted molar refractivity (Wildman–Crippen MR) is 120 cm³/mol. The number of methoxy groups -OCH3 is 1. The van der Waals surface area contributed by atoms with Crippen LogP contribution in [0.5, 0.6) is 0 Å². The molecule has 15 nitrogen and oxygen atoms in total. The Morgan fingerprint density at radius 3 is 2.42 bits per heavy atom. The molecule has 0 spiro atoms. The molecule has 0 saturated carbocycles. The van der Waals surface area contributed by atoms with Crippen LogP contribution in [-0.2, 0) is 32.7 Å². The van der Waals surface area contributed by atoms with Gasteiger partial charge in [0.2, 0.25) is 0 Å². The van der Waals surface area contributed by atoms with Crippen molar-refractivity contribution in [3.63, 3.8) is 0 Å². The number of phosphoric acid groups is 1. The van der Waals surface area contributed by atoms with Crippen molar-refractivity contribution in [1.82, 2.24) is 9.55 Å². The number of ether oxygens (including phenoxy) is 2. The molecule has 1 aliphatic rings. The Labute approximate surface area is 203 Å². The lowest BCUT2D eigenvalue weighted by Crippen LogP contribution is -2.42. The van der Waals surface area contributed by atoms with E-state index in [1.807, 2.05) is 4.98 Å². The maximum atomic E-state index is 12.6. The zero-order chi connectivity index (χ0) is 26.6. The van der Waals surface area contributed by atoms with E-state index >= 15 is 0 Å². The van der Waals surface area contributed by atoms with Gasteiger partial charge in [-0.15, -0.1) is 0 Å². The van der Waals surface area contributed by atoms with Crippen LogP contribution < -0.4 is 16.3 Å². The van der Waals surface area contributed by atoms with Crippen LogP contribution in [0.4, 0.5) is 5.69 Å². The average Bonchev–Trinajstić information content (AvgIpc) is 3.12. The minimum Gasteiger partial charge on any atom is -0.387 e. The number of hydroxylamine groups is 1. The highest BCUT2D eigenvalue weighted by molar-refractivity contribution is 7.48. The summed E-state index contributed by atoms with van der Waals surface area (Å²) >= 11 is 0. The molecule has 0 amide bonds. The summed E-state index contributed by atoms with van der Waals surface area (Å²) in [5.74, 6) is -1.19. The van der Waals surface area contributed by atoms with E-state index in [1.54, 1.807) is 30.3 Å². The van der Waals surface area contributed by atoms with Crippen LogP contribution in [-0.4, -0.2) is 75.5 Å². The molecule has 1 aromatic carbocycles. The van der Waals surface area contributed by atoms with Crippen molar-refractivity contribution < 1.29 is 47.8 Å². The van der Waals surface area contributed by atoms with Crippen molar-refractivity contribution in [3.05, 3.63) is 63.4 Å². The fraction of sp³-hybridized carbons (Fsp3) is 0.450. The number of nitrogens with one attached hydrogen (secondary N) is 1. The van der Waals surface area contributed by atoms with Crippen molar-refractivity contribution >= 4 is 19.5 Å². The van der Waals surface area contributed by atoms with Gasteiger partial charge in [-0.05, 0) is 19.1 Å². The summed E-state index contributed by atoms with van der Waals surface area (Å²) in [4.78, 5) is 53.2. The van der Waals surface area contributed by atoms with Crippen molar-refractivity contribution in [2.45, 2.75) is 43.8 Å². The maximum absolute atomic E-state index is 12.6. The summed E-state index contributed by atoms with van der Waals surface area (Å²) in [6.07, 6.45) is -7.40. The van der Waals surface area contributed by atoms with E-state index in [0.29, 0.717) is 5.69 Å². The zero-order valence-corrected chi connectivity index (χ0v) is 20.3. The lowest BCUT2D eigenvalue weighted by Gasteiger charge is -2.28. The topological polar surface area (TPSA) is 199 Å². The van der Waals surface area contributed by atoms with Gasteiger partial charge in [0.25, 0.3) is 5.56 Å². The van der Waals surface area contributed by atoms with E-state index in [0.717, 1.165) is 29.0 Å². The number of carbonyl (C=O) groups is 1. The largest absolute Gasteiger partial charge is 0.532 e. The van der Waals surface area contributed by atoms with E-state index in [2.05, 4.69) is 4.52 Å². The van der Waals surface area contributed by atoms with Gasteiger partial charge in [-0.1, -0.05) is 18.2 Å². The molecule has 0 bridgehead atoms. The Bertz CT molecular complexity index is 1200. The van der Waals surface area contributed by atoms with Crippen LogP contribution in [0.2, 0.25) is 0 Å². The Balaban J connectivity index is 1.71. The highest BCUT2D eigenvalue weighted by Gasteiger charge is 2.50. The van der Waals surface area contributed by atoms with Crippen LogP contribution in [0.1, 0.15) is 13.2 Å². The van der Waals surface area contributed by atoms with Crippen LogP contribution in [0.25, 0.3) is 0 Å². The molecule has 7 atom stereocenters. The van der Waals surface area contributed by atoms with E-state index in [4.69, 9.17) is 18.8 Å². The van der Waals surface area contributed by atoms with Crippen molar-refractivity contribution in [2.24, 2.45) is 0 Å². The molecule has 1 saturated heterocycles. The molecule has 1 aromatic heterocycles. The molecular weight excluding hydrogens is 505 g/mol. The molecule has 4 N–H and O–H groups in total. The number of H-pyrrole nitrogens is 1. The van der Waals surface area contributed by atoms with Crippen molar-refractivity contribution in [1.29, 1.82) is 0 Å². The minimum absolute atomic E-state index is 0.466. The van der Waals surface area contributed by atoms with Crippen LogP contribution in [0, 0.1) is 0 Å². The Morgan fingerprint density at radius 1 is 1.17 bits per heavy atom. The second-order valence-electron chi connectivity index (χ2n) is 7.60. The third-order valence-electron chi connectivity index (χ3n) is 5.24. The second-order valence-corrected chi connectivity index (χ2v) is 8.93. The van der Waals surface area contributed by atoms with Crippen LogP contribution >= 0.6 is 7.82 Å². The summed E-state index contributed by atoms with van der Waals surface area (Å²) in [6, 6.07) is 8.21. The van der Waals surface area contributed by atoms with Gasteiger partial charge in [-0.3, -0.25) is 24.1 Å². The third-order valence-corrected chi connectivity index (χ3v) is 6.13. The fourth-order valence-electron chi connectivity index (χ4n) is 3.51. The molecule has 2 unspecified atom stereocenters. The number of aliphatic hydroxyl groups excluding tert-OH is 2. The molecule has 1 fully saturated rings. The fourth-order valence-corrected chi connectivity index (χ4v) is 4.40. The van der Waals surface area contributed by atoms with Gasteiger partial charge in [-0.2, -0.15) is 0 Å². The molecule has 2 aromatic rings. The van der Waals surface area contributed by atoms with Gasteiger partial charge < -0.3 is 24.2 Å². The summed E-state index contributed by atoms with van der Waals surface area (Å²) in [7, 11) is -2.84. The Kier molecular flexibility index (Phi) is 8.81. The molecule has 1 aliphatic heterocycles. The Morgan fingerprint density at radius 2 is 1.83 bits per heavy atom. The maximum Gasteiger partial charge on any atom is 0.532 e. The first-order chi connectivity index (χ1) is 17.0. The summed E-state index contributed by atoms with van der Waals surface area (Å²) in [5.41, 5.74) is -1.17. The Hall–Kier alpha value is -2.88. The number of hydrogen-bond acceptors (Lipinski definition) is 12. The summed E-state index contributed by atoms with van der Waals surface area (Å²) in [6.45, 7) is 1.36. The van der Waals surface area contributed by atoms with Crippen molar-refractivity contribution in [2.75, 3.05) is 19.3 Å². The highest BCUT2D eigenvalue weighted by atomic mass is 31.2. The standard InChI is InChI=1S/C20H26N3O12P/c1-11(23(32-3)12-7-5-4-6-8-12)18(27)34-36(29,30)35-19(31-2)16-14(25)15(26)17(33-16)22-10-9-13(24)21-20(22)28/h4-11,14-17,19,25-26H,1-3H3,(H,29,30)(H,21,24,28)/t11-,14-,15+,16-,17+,19?/m0/s1. The average molecular weight is 531 g/mol. The molecule has 16 heteroatoms. The summed E-state index contributed by atoms with van der Waals surface area (Å²) < 4.78 is 33.4. The number of phosphoric ester groups is 1. The number of aromatic amines is 1. The van der Waals surface area contributed by atoms with Gasteiger partial charge in [-0.25, -0.2) is 23.7 Å². The monoisotopic (exact) mass is 531 g/mol. The van der Waals surface area contributed by atoms with Gasteiger partial charge in [0, 0.05) is 19.4 Å². The molecule has 0 radical (unpaired) electrons. The van der Waals surface area contributed by atoms with Crippen LogP contribution in [0.3, 0.4) is 0 Å². The first kappa shape index (κ1) is 27.7. The quantitative estimate of drug-likeness (QED) is 0.170. The number of anilines is 1. The zero-order valence-electron chi connectivity index (χ0n) is 19.4. The minimum atomic E-state index is -5.17. The lowest BCUT2D eigenvalue weighted by atomic mass is 10.1. The number of hydrogen-bond donors (Lipinski definition) is 4. The number of nitrogens with zero attached hydrogens (tertiary/aromatic N) is 2. The number of aliphatic hydroxyl groups is 2. The van der Waals surface area contributed by atoms with Crippen molar-refractivity contribution in [3.8, 4) is 0 Å². The molecule has 3 rings (SSSR count). The SMILES string of the molecule is COC(OP(=O)(O)OC(=O)[C@H](C)N(OC)c1ccccc1)[C@H]1O[C@@H](n2ccc(=O)[nH]c2=O)[C@H](O)[C@@H]1O. The molecule has 198 valence electrons. The molecular formula is C20H26N3O12P. The van der Waals surface area contributed by atoms with Gasteiger partial charge in [0.15, 0.2) is 18.6 Å². The first-order valence-electron chi connectivity index (χ1n) is 10.5. The number of rotatable bonds is 10.